The summed E-state index contributed by atoms with van der Waals surface area (Å²) in [4.78, 5) is 25.7. The van der Waals surface area contributed by atoms with E-state index in [1.54, 1.807) is 13.8 Å². The van der Waals surface area contributed by atoms with Crippen molar-refractivity contribution in [3.63, 3.8) is 0 Å². The highest BCUT2D eigenvalue weighted by Crippen LogP contribution is 2.24. The van der Waals surface area contributed by atoms with Gasteiger partial charge in [0.25, 0.3) is 0 Å². The Morgan fingerprint density at radius 1 is 1.35 bits per heavy atom. The highest BCUT2D eigenvalue weighted by molar-refractivity contribution is 5.80. The summed E-state index contributed by atoms with van der Waals surface area (Å²) in [5.74, 6) is -0.467. The molecule has 6 heteroatoms. The maximum Gasteiger partial charge on any atom is 0.223 e. The highest BCUT2D eigenvalue weighted by Gasteiger charge is 2.36. The predicted molar refractivity (Wildman–Crippen MR) is 89.3 cm³/mol. The zero-order valence-electron chi connectivity index (χ0n) is 14.7. The minimum Gasteiger partial charge on any atom is -0.369 e. The van der Waals surface area contributed by atoms with Gasteiger partial charge in [0.05, 0.1) is 6.07 Å². The molecule has 1 fully saturated rings. The van der Waals surface area contributed by atoms with Crippen LogP contribution in [0.25, 0.3) is 0 Å². The lowest BCUT2D eigenvalue weighted by Gasteiger charge is -2.37. The first-order valence-electron chi connectivity index (χ1n) is 8.49. The molecule has 6 nitrogen and oxygen atoms in total. The molecular weight excluding hydrogens is 292 g/mol. The average molecular weight is 322 g/mol. The Labute approximate surface area is 139 Å². The van der Waals surface area contributed by atoms with Crippen LogP contribution in [0.5, 0.6) is 0 Å². The van der Waals surface area contributed by atoms with E-state index in [0.717, 1.165) is 26.1 Å². The number of carbonyl (C=O) groups excluding carboxylic acids is 2. The second-order valence-corrected chi connectivity index (χ2v) is 7.19. The first-order valence-corrected chi connectivity index (χ1v) is 8.49. The SMILES string of the molecule is CCCN1CCC(C#N)(NC(=O)CCCC(C)(C)C(N)=O)CC1. The van der Waals surface area contributed by atoms with Crippen molar-refractivity contribution in [1.29, 1.82) is 5.26 Å². The van der Waals surface area contributed by atoms with Gasteiger partial charge in [-0.05, 0) is 38.6 Å². The van der Waals surface area contributed by atoms with Crippen LogP contribution in [0.4, 0.5) is 0 Å². The van der Waals surface area contributed by atoms with E-state index in [1.807, 2.05) is 0 Å². The van der Waals surface area contributed by atoms with E-state index >= 15 is 0 Å². The number of nitrogens with two attached hydrogens (primary N) is 1. The van der Waals surface area contributed by atoms with Gasteiger partial charge >= 0.3 is 0 Å². The van der Waals surface area contributed by atoms with Crippen LogP contribution in [0.3, 0.4) is 0 Å². The van der Waals surface area contributed by atoms with Gasteiger partial charge in [-0.1, -0.05) is 20.8 Å². The molecule has 0 atom stereocenters. The number of nitrogens with one attached hydrogen (secondary N) is 1. The van der Waals surface area contributed by atoms with Gasteiger partial charge in [-0.15, -0.1) is 0 Å². The molecule has 1 aliphatic rings. The third kappa shape index (κ3) is 5.83. The number of carbonyl (C=O) groups is 2. The second kappa shape index (κ2) is 8.30. The fourth-order valence-electron chi connectivity index (χ4n) is 2.88. The largest absolute Gasteiger partial charge is 0.369 e. The van der Waals surface area contributed by atoms with Gasteiger partial charge < -0.3 is 16.0 Å². The number of rotatable bonds is 8. The summed E-state index contributed by atoms with van der Waals surface area (Å²) in [6.07, 6.45) is 3.91. The van der Waals surface area contributed by atoms with Gasteiger partial charge in [0.15, 0.2) is 0 Å². The Hall–Kier alpha value is -1.61. The van der Waals surface area contributed by atoms with Crippen molar-refractivity contribution in [2.45, 2.75) is 64.8 Å². The maximum atomic E-state index is 12.1. The van der Waals surface area contributed by atoms with Crippen molar-refractivity contribution in [2.75, 3.05) is 19.6 Å². The summed E-state index contributed by atoms with van der Waals surface area (Å²) in [5, 5.41) is 12.4. The number of amides is 2. The van der Waals surface area contributed by atoms with Crippen LogP contribution in [0, 0.1) is 16.7 Å². The molecule has 0 aromatic carbocycles. The molecule has 0 radical (unpaired) electrons. The summed E-state index contributed by atoms with van der Waals surface area (Å²) in [6.45, 7) is 8.44. The molecule has 3 N–H and O–H groups in total. The van der Waals surface area contributed by atoms with Crippen molar-refractivity contribution < 1.29 is 9.59 Å². The molecule has 0 saturated carbocycles. The third-order valence-corrected chi connectivity index (χ3v) is 4.71. The predicted octanol–water partition coefficient (Wildman–Crippen LogP) is 1.55. The fourth-order valence-corrected chi connectivity index (χ4v) is 2.88. The maximum absolute atomic E-state index is 12.1. The topological polar surface area (TPSA) is 99.2 Å². The van der Waals surface area contributed by atoms with E-state index in [-0.39, 0.29) is 11.8 Å². The van der Waals surface area contributed by atoms with Crippen LogP contribution in [-0.2, 0) is 9.59 Å². The number of nitrogens with zero attached hydrogens (tertiary/aromatic N) is 2. The molecule has 0 bridgehead atoms. The third-order valence-electron chi connectivity index (χ3n) is 4.71. The normalized spacial score (nSPS) is 18.2. The molecule has 23 heavy (non-hydrogen) atoms. The van der Waals surface area contributed by atoms with Gasteiger partial charge in [-0.25, -0.2) is 0 Å². The van der Waals surface area contributed by atoms with Crippen LogP contribution in [0.2, 0.25) is 0 Å². The summed E-state index contributed by atoms with van der Waals surface area (Å²) >= 11 is 0. The number of piperidine rings is 1. The van der Waals surface area contributed by atoms with Crippen molar-refractivity contribution in [3.05, 3.63) is 0 Å². The second-order valence-electron chi connectivity index (χ2n) is 7.19. The van der Waals surface area contributed by atoms with Gasteiger partial charge in [0.2, 0.25) is 11.8 Å². The molecule has 0 aromatic heterocycles. The molecule has 1 heterocycles. The molecule has 0 aliphatic carbocycles. The Morgan fingerprint density at radius 3 is 2.43 bits per heavy atom. The summed E-state index contributed by atoms with van der Waals surface area (Å²) in [6, 6.07) is 2.30. The van der Waals surface area contributed by atoms with E-state index < -0.39 is 11.0 Å². The van der Waals surface area contributed by atoms with Gasteiger partial charge in [-0.2, -0.15) is 5.26 Å². The molecule has 2 amide bonds. The molecule has 0 spiro atoms. The highest BCUT2D eigenvalue weighted by atomic mass is 16.2. The van der Waals surface area contributed by atoms with Crippen LogP contribution in [-0.4, -0.2) is 41.9 Å². The van der Waals surface area contributed by atoms with E-state index in [0.29, 0.717) is 32.1 Å². The van der Waals surface area contributed by atoms with Crippen molar-refractivity contribution in [2.24, 2.45) is 11.1 Å². The van der Waals surface area contributed by atoms with Crippen LogP contribution in [0.15, 0.2) is 0 Å². The van der Waals surface area contributed by atoms with E-state index in [9.17, 15) is 14.9 Å². The number of nitriles is 1. The van der Waals surface area contributed by atoms with Crippen LogP contribution >= 0.6 is 0 Å². The van der Waals surface area contributed by atoms with Crippen LogP contribution < -0.4 is 11.1 Å². The van der Waals surface area contributed by atoms with Crippen molar-refractivity contribution in [1.82, 2.24) is 10.2 Å². The Kier molecular flexibility index (Phi) is 7.01. The van der Waals surface area contributed by atoms with Crippen molar-refractivity contribution >= 4 is 11.8 Å². The van der Waals surface area contributed by atoms with E-state index in [1.165, 1.54) is 0 Å². The van der Waals surface area contributed by atoms with Gasteiger partial charge in [0, 0.05) is 24.9 Å². The number of hydrogen-bond acceptors (Lipinski definition) is 4. The molecule has 0 unspecified atom stereocenters. The average Bonchev–Trinajstić information content (AvgIpc) is 2.49. The van der Waals surface area contributed by atoms with Gasteiger partial charge in [-0.3, -0.25) is 9.59 Å². The fraction of sp³-hybridized carbons (Fsp3) is 0.824. The quantitative estimate of drug-likeness (QED) is 0.708. The van der Waals surface area contributed by atoms with Crippen molar-refractivity contribution in [3.8, 4) is 6.07 Å². The van der Waals surface area contributed by atoms with E-state index in [2.05, 4.69) is 23.2 Å². The molecular formula is C17H30N4O2. The molecule has 1 saturated heterocycles. The number of likely N-dealkylation sites (tertiary alicyclic amines) is 1. The first kappa shape index (κ1) is 19.4. The molecule has 1 aliphatic heterocycles. The van der Waals surface area contributed by atoms with Crippen LogP contribution in [0.1, 0.15) is 59.3 Å². The lowest BCUT2D eigenvalue weighted by atomic mass is 9.86. The molecule has 130 valence electrons. The zero-order valence-corrected chi connectivity index (χ0v) is 14.7. The summed E-state index contributed by atoms with van der Waals surface area (Å²) in [7, 11) is 0. The first-order chi connectivity index (χ1) is 10.7. The lowest BCUT2D eigenvalue weighted by Crippen LogP contribution is -2.54. The summed E-state index contributed by atoms with van der Waals surface area (Å²) in [5.41, 5.74) is 4.00. The Balaban J connectivity index is 2.43. The molecule has 0 aromatic rings. The molecule has 1 rings (SSSR count). The van der Waals surface area contributed by atoms with Gasteiger partial charge in [0.1, 0.15) is 5.54 Å². The summed E-state index contributed by atoms with van der Waals surface area (Å²) < 4.78 is 0. The number of primary amides is 1. The monoisotopic (exact) mass is 322 g/mol. The minimum atomic E-state index is -0.736. The lowest BCUT2D eigenvalue weighted by molar-refractivity contribution is -0.127. The Morgan fingerprint density at radius 2 is 1.96 bits per heavy atom. The smallest absolute Gasteiger partial charge is 0.223 e. The Bertz CT molecular complexity index is 460. The van der Waals surface area contributed by atoms with E-state index in [4.69, 9.17) is 5.73 Å². The zero-order chi connectivity index (χ0) is 17.5. The number of hydrogen-bond donors (Lipinski definition) is 2. The standard InChI is InChI=1S/C17H30N4O2/c1-4-10-21-11-8-17(13-18,9-12-21)20-14(22)6-5-7-16(2,3)15(19)23/h4-12H2,1-3H3,(H2,19,23)(H,20,22). The minimum absolute atomic E-state index is 0.115.